The van der Waals surface area contributed by atoms with Crippen LogP contribution in [0.15, 0.2) is 28.1 Å². The molecule has 0 aliphatic heterocycles. The van der Waals surface area contributed by atoms with Gasteiger partial charge in [0.2, 0.25) is 0 Å². The first-order valence-electron chi connectivity index (χ1n) is 3.67. The lowest BCUT2D eigenvalue weighted by atomic mass is 10.4. The summed E-state index contributed by atoms with van der Waals surface area (Å²) in [5.74, 6) is 0. The first kappa shape index (κ1) is 9.82. The Balaban J connectivity index is 2.38. The molecule has 2 aromatic heterocycles. The molecule has 0 saturated heterocycles. The number of thiophene rings is 2. The third-order valence-electron chi connectivity index (χ3n) is 1.59. The average Bonchev–Trinajstić information content (AvgIpc) is 2.70. The summed E-state index contributed by atoms with van der Waals surface area (Å²) in [4.78, 5) is 12.1. The van der Waals surface area contributed by atoms with Crippen LogP contribution in [0.3, 0.4) is 0 Å². The maximum absolute atomic E-state index is 10.5. The molecule has 0 saturated carbocycles. The van der Waals surface area contributed by atoms with E-state index in [0.29, 0.717) is 0 Å². The maximum Gasteiger partial charge on any atom is 0.324 e. The van der Waals surface area contributed by atoms with Crippen molar-refractivity contribution < 1.29 is 4.92 Å². The van der Waals surface area contributed by atoms with Crippen molar-refractivity contribution in [3.8, 4) is 9.75 Å². The van der Waals surface area contributed by atoms with Gasteiger partial charge in [0.25, 0.3) is 0 Å². The average molecular weight is 290 g/mol. The Bertz CT molecular complexity index is 477. The highest BCUT2D eigenvalue weighted by atomic mass is 79.9. The van der Waals surface area contributed by atoms with E-state index in [4.69, 9.17) is 0 Å². The van der Waals surface area contributed by atoms with Crippen molar-refractivity contribution in [1.29, 1.82) is 0 Å². The van der Waals surface area contributed by atoms with Gasteiger partial charge in [-0.05, 0) is 34.1 Å². The second-order valence-corrected chi connectivity index (χ2v) is 6.02. The molecule has 3 nitrogen and oxygen atoms in total. The van der Waals surface area contributed by atoms with E-state index in [1.54, 1.807) is 17.4 Å². The highest BCUT2D eigenvalue weighted by Gasteiger charge is 2.11. The SMILES string of the molecule is O=[N+]([O-])c1ccc(-c2ccc(Br)s2)s1. The lowest BCUT2D eigenvalue weighted by molar-refractivity contribution is -0.380. The first-order valence-corrected chi connectivity index (χ1v) is 6.09. The molecule has 0 aromatic carbocycles. The van der Waals surface area contributed by atoms with Gasteiger partial charge in [-0.15, -0.1) is 11.3 Å². The van der Waals surface area contributed by atoms with Crippen LogP contribution in [0, 0.1) is 10.1 Å². The Morgan fingerprint density at radius 1 is 1.14 bits per heavy atom. The number of halogens is 1. The molecule has 72 valence electrons. The molecule has 0 bridgehead atoms. The van der Waals surface area contributed by atoms with E-state index in [2.05, 4.69) is 15.9 Å². The van der Waals surface area contributed by atoms with E-state index >= 15 is 0 Å². The molecule has 0 N–H and O–H groups in total. The number of hydrogen-bond donors (Lipinski definition) is 0. The summed E-state index contributed by atoms with van der Waals surface area (Å²) in [7, 11) is 0. The van der Waals surface area contributed by atoms with Crippen LogP contribution in [0.2, 0.25) is 0 Å². The molecule has 0 fully saturated rings. The Hall–Kier alpha value is -0.720. The Morgan fingerprint density at radius 3 is 2.29 bits per heavy atom. The van der Waals surface area contributed by atoms with Crippen LogP contribution in [-0.4, -0.2) is 4.92 Å². The molecule has 14 heavy (non-hydrogen) atoms. The van der Waals surface area contributed by atoms with Crippen LogP contribution in [0.5, 0.6) is 0 Å². The van der Waals surface area contributed by atoms with Crippen LogP contribution < -0.4 is 0 Å². The van der Waals surface area contributed by atoms with Crippen LogP contribution in [0.25, 0.3) is 9.75 Å². The van der Waals surface area contributed by atoms with E-state index in [1.165, 1.54) is 17.4 Å². The van der Waals surface area contributed by atoms with Crippen molar-refractivity contribution in [2.45, 2.75) is 0 Å². The fraction of sp³-hybridized carbons (Fsp3) is 0. The van der Waals surface area contributed by atoms with Crippen LogP contribution in [0.4, 0.5) is 5.00 Å². The zero-order valence-electron chi connectivity index (χ0n) is 6.77. The number of rotatable bonds is 2. The van der Waals surface area contributed by atoms with Crippen LogP contribution >= 0.6 is 38.6 Å². The highest BCUT2D eigenvalue weighted by molar-refractivity contribution is 9.11. The normalized spacial score (nSPS) is 10.4. The smallest absolute Gasteiger partial charge is 0.258 e. The predicted molar refractivity (Wildman–Crippen MR) is 62.0 cm³/mol. The molecule has 0 atom stereocenters. The molecule has 0 aliphatic rings. The Labute approximate surface area is 96.3 Å². The predicted octanol–water partition coefficient (Wildman–Crippen LogP) is 4.15. The molecule has 0 spiro atoms. The lowest BCUT2D eigenvalue weighted by Gasteiger charge is -1.86. The fourth-order valence-corrected chi connectivity index (χ4v) is 3.30. The van der Waals surface area contributed by atoms with Gasteiger partial charge in [0.1, 0.15) is 0 Å². The first-order chi connectivity index (χ1) is 6.66. The summed E-state index contributed by atoms with van der Waals surface area (Å²) in [5.41, 5.74) is 0. The van der Waals surface area contributed by atoms with E-state index in [0.717, 1.165) is 13.5 Å². The minimum atomic E-state index is -0.364. The van der Waals surface area contributed by atoms with Crippen molar-refractivity contribution in [1.82, 2.24) is 0 Å². The quantitative estimate of drug-likeness (QED) is 0.616. The second-order valence-electron chi connectivity index (χ2n) is 2.50. The van der Waals surface area contributed by atoms with E-state index in [9.17, 15) is 10.1 Å². The molecule has 2 aromatic rings. The standard InChI is InChI=1S/C8H4BrNO2S2/c9-7-3-1-5(13-7)6-2-4-8(14-6)10(11)12/h1-4H. The largest absolute Gasteiger partial charge is 0.324 e. The van der Waals surface area contributed by atoms with Gasteiger partial charge in [0.15, 0.2) is 0 Å². The summed E-state index contributed by atoms with van der Waals surface area (Å²) < 4.78 is 1.03. The zero-order valence-corrected chi connectivity index (χ0v) is 9.99. The van der Waals surface area contributed by atoms with Crippen molar-refractivity contribution in [2.24, 2.45) is 0 Å². The third kappa shape index (κ3) is 1.87. The van der Waals surface area contributed by atoms with Crippen molar-refractivity contribution in [2.75, 3.05) is 0 Å². The van der Waals surface area contributed by atoms with Gasteiger partial charge >= 0.3 is 5.00 Å². The van der Waals surface area contributed by atoms with Crippen LogP contribution in [-0.2, 0) is 0 Å². The molecule has 0 amide bonds. The van der Waals surface area contributed by atoms with E-state index in [1.807, 2.05) is 12.1 Å². The van der Waals surface area contributed by atoms with E-state index < -0.39 is 0 Å². The summed E-state index contributed by atoms with van der Waals surface area (Å²) in [5, 5.41) is 10.6. The minimum Gasteiger partial charge on any atom is -0.258 e. The monoisotopic (exact) mass is 289 g/mol. The summed E-state index contributed by atoms with van der Waals surface area (Å²) in [6.07, 6.45) is 0. The van der Waals surface area contributed by atoms with Crippen molar-refractivity contribution in [3.05, 3.63) is 38.2 Å². The van der Waals surface area contributed by atoms with Gasteiger partial charge in [-0.3, -0.25) is 10.1 Å². The van der Waals surface area contributed by atoms with Crippen molar-refractivity contribution in [3.63, 3.8) is 0 Å². The molecule has 6 heteroatoms. The topological polar surface area (TPSA) is 43.1 Å². The number of nitro groups is 1. The maximum atomic E-state index is 10.5. The summed E-state index contributed by atoms with van der Waals surface area (Å²) >= 11 is 6.12. The van der Waals surface area contributed by atoms with Gasteiger partial charge in [0.05, 0.1) is 13.6 Å². The molecular formula is C8H4BrNO2S2. The van der Waals surface area contributed by atoms with Gasteiger partial charge in [-0.1, -0.05) is 11.3 Å². The molecule has 0 unspecified atom stereocenters. The Morgan fingerprint density at radius 2 is 1.79 bits per heavy atom. The third-order valence-corrected chi connectivity index (χ3v) is 4.44. The molecule has 0 aliphatic carbocycles. The second kappa shape index (κ2) is 3.80. The number of hydrogen-bond acceptors (Lipinski definition) is 4. The van der Waals surface area contributed by atoms with Gasteiger partial charge in [-0.25, -0.2) is 0 Å². The molecule has 2 heterocycles. The number of nitrogens with zero attached hydrogens (tertiary/aromatic N) is 1. The van der Waals surface area contributed by atoms with Gasteiger partial charge in [0, 0.05) is 10.9 Å². The zero-order chi connectivity index (χ0) is 10.1. The molecule has 2 rings (SSSR count). The summed E-state index contributed by atoms with van der Waals surface area (Å²) in [6, 6.07) is 7.20. The molecule has 0 radical (unpaired) electrons. The fourth-order valence-electron chi connectivity index (χ4n) is 1.00. The molecular weight excluding hydrogens is 286 g/mol. The van der Waals surface area contributed by atoms with E-state index in [-0.39, 0.29) is 9.92 Å². The minimum absolute atomic E-state index is 0.185. The van der Waals surface area contributed by atoms with Crippen molar-refractivity contribution >= 4 is 43.6 Å². The highest BCUT2D eigenvalue weighted by Crippen LogP contribution is 2.37. The Kier molecular flexibility index (Phi) is 2.66. The lowest BCUT2D eigenvalue weighted by Crippen LogP contribution is -1.80. The van der Waals surface area contributed by atoms with Crippen LogP contribution in [0.1, 0.15) is 0 Å². The van der Waals surface area contributed by atoms with Gasteiger partial charge < -0.3 is 0 Å². The summed E-state index contributed by atoms with van der Waals surface area (Å²) in [6.45, 7) is 0. The van der Waals surface area contributed by atoms with Gasteiger partial charge in [-0.2, -0.15) is 0 Å².